The second kappa shape index (κ2) is 8.24. The lowest BCUT2D eigenvalue weighted by Gasteiger charge is -2.26. The van der Waals surface area contributed by atoms with E-state index in [1.807, 2.05) is 12.1 Å². The van der Waals surface area contributed by atoms with Gasteiger partial charge in [-0.05, 0) is 62.9 Å². The summed E-state index contributed by atoms with van der Waals surface area (Å²) >= 11 is 1.23. The van der Waals surface area contributed by atoms with Crippen LogP contribution in [0.25, 0.3) is 11.0 Å². The van der Waals surface area contributed by atoms with Gasteiger partial charge in [-0.3, -0.25) is 0 Å². The fraction of sp³-hybridized carbons (Fsp3) is 0.542. The zero-order chi connectivity index (χ0) is 23.3. The van der Waals surface area contributed by atoms with Crippen LogP contribution in [0.4, 0.5) is 0 Å². The summed E-state index contributed by atoms with van der Waals surface area (Å²) in [5.74, 6) is 1.56. The van der Waals surface area contributed by atoms with E-state index in [0.717, 1.165) is 49.5 Å². The maximum Gasteiger partial charge on any atom is 0.115 e. The molecule has 2 N–H and O–H groups in total. The Morgan fingerprint density at radius 3 is 2.47 bits per heavy atom. The first-order chi connectivity index (χ1) is 14.9. The Kier molecular flexibility index (Phi) is 6.03. The topological polar surface area (TPSA) is 88.2 Å². The predicted molar refractivity (Wildman–Crippen MR) is 129 cm³/mol. The molecule has 1 aliphatic rings. The van der Waals surface area contributed by atoms with E-state index in [-0.39, 0.29) is 5.41 Å². The van der Waals surface area contributed by atoms with E-state index in [4.69, 9.17) is 14.5 Å². The van der Waals surface area contributed by atoms with Crippen molar-refractivity contribution in [2.45, 2.75) is 74.1 Å². The van der Waals surface area contributed by atoms with Gasteiger partial charge in [0.05, 0.1) is 21.5 Å². The van der Waals surface area contributed by atoms with Gasteiger partial charge in [0.15, 0.2) is 0 Å². The van der Waals surface area contributed by atoms with Crippen molar-refractivity contribution in [1.82, 2.24) is 9.55 Å². The van der Waals surface area contributed by atoms with E-state index < -0.39 is 15.3 Å². The lowest BCUT2D eigenvalue weighted by molar-refractivity contribution is 0.0611. The molecular weight excluding hydrogens is 442 g/mol. The standard InChI is InChI=1S/C24H33N3O3S2/c1-23(2,3)22-26-18-14-17(32(25,29)21-9-8-20(31-21)24(4,5)28)6-7-19(18)27(22)15-16-10-12-30-13-11-16/h6-9,14,16,25,28H,10-13,15H2,1-5H3. The Labute approximate surface area is 194 Å². The fourth-order valence-electron chi connectivity index (χ4n) is 4.15. The molecule has 174 valence electrons. The predicted octanol–water partition coefficient (Wildman–Crippen LogP) is 5.51. The summed E-state index contributed by atoms with van der Waals surface area (Å²) in [6, 6.07) is 9.03. The van der Waals surface area contributed by atoms with Crippen molar-refractivity contribution < 1.29 is 14.1 Å². The van der Waals surface area contributed by atoms with Crippen molar-refractivity contribution in [1.29, 1.82) is 4.78 Å². The molecule has 0 radical (unpaired) electrons. The lowest BCUT2D eigenvalue weighted by Crippen LogP contribution is -2.25. The van der Waals surface area contributed by atoms with Crippen LogP contribution in [-0.4, -0.2) is 32.1 Å². The number of benzene rings is 1. The summed E-state index contributed by atoms with van der Waals surface area (Å²) < 4.78 is 30.5. The molecule has 6 nitrogen and oxygen atoms in total. The van der Waals surface area contributed by atoms with Crippen molar-refractivity contribution in [3.63, 3.8) is 0 Å². The molecule has 4 rings (SSSR count). The molecule has 1 unspecified atom stereocenters. The number of rotatable bonds is 5. The molecule has 8 heteroatoms. The van der Waals surface area contributed by atoms with Gasteiger partial charge in [-0.25, -0.2) is 14.0 Å². The van der Waals surface area contributed by atoms with Crippen LogP contribution in [0.1, 0.15) is 58.2 Å². The molecule has 1 atom stereocenters. The molecule has 2 aromatic heterocycles. The third kappa shape index (κ3) is 4.51. The summed E-state index contributed by atoms with van der Waals surface area (Å²) in [4.78, 5) is 6.10. The zero-order valence-corrected chi connectivity index (χ0v) is 21.1. The first kappa shape index (κ1) is 23.4. The second-order valence-corrected chi connectivity index (χ2v) is 13.6. The normalized spacial score (nSPS) is 18.2. The van der Waals surface area contributed by atoms with Gasteiger partial charge in [-0.15, -0.1) is 11.3 Å². The third-order valence-corrected chi connectivity index (χ3v) is 9.74. The largest absolute Gasteiger partial charge is 0.385 e. The number of hydrogen-bond acceptors (Lipinski definition) is 6. The Bertz CT molecular complexity index is 1220. The highest BCUT2D eigenvalue weighted by Gasteiger charge is 2.27. The fourth-order valence-corrected chi connectivity index (χ4v) is 6.95. The average Bonchev–Trinajstić information content (AvgIpc) is 3.34. The van der Waals surface area contributed by atoms with Crippen LogP contribution in [0.3, 0.4) is 0 Å². The Morgan fingerprint density at radius 2 is 1.88 bits per heavy atom. The minimum Gasteiger partial charge on any atom is -0.385 e. The molecule has 1 saturated heterocycles. The molecule has 0 saturated carbocycles. The number of nitrogens with one attached hydrogen (secondary N) is 1. The van der Waals surface area contributed by atoms with E-state index >= 15 is 0 Å². The SMILES string of the molecule is CC(C)(C)c1nc2cc(S(=N)(=O)c3ccc(C(C)(C)O)s3)ccc2n1CC1CCOCC1. The van der Waals surface area contributed by atoms with Crippen molar-refractivity contribution >= 4 is 32.1 Å². The van der Waals surface area contributed by atoms with Crippen molar-refractivity contribution in [2.75, 3.05) is 13.2 Å². The molecule has 0 bridgehead atoms. The molecule has 0 amide bonds. The number of aliphatic hydroxyl groups is 1. The smallest absolute Gasteiger partial charge is 0.115 e. The number of hydrogen-bond donors (Lipinski definition) is 2. The first-order valence-electron chi connectivity index (χ1n) is 11.1. The van der Waals surface area contributed by atoms with Crippen molar-refractivity contribution in [2.24, 2.45) is 5.92 Å². The number of imidazole rings is 1. The molecule has 3 aromatic rings. The number of aromatic nitrogens is 2. The zero-order valence-electron chi connectivity index (χ0n) is 19.5. The molecule has 1 aromatic carbocycles. The number of nitrogens with zero attached hydrogens (tertiary/aromatic N) is 2. The quantitative estimate of drug-likeness (QED) is 0.509. The van der Waals surface area contributed by atoms with E-state index in [1.165, 1.54) is 11.3 Å². The van der Waals surface area contributed by atoms with Crippen LogP contribution in [0.15, 0.2) is 39.4 Å². The molecule has 0 spiro atoms. The molecule has 0 aliphatic carbocycles. The number of thiophene rings is 1. The van der Waals surface area contributed by atoms with Gasteiger partial charge in [0.2, 0.25) is 0 Å². The highest BCUT2D eigenvalue weighted by molar-refractivity contribution is 7.94. The van der Waals surface area contributed by atoms with Crippen molar-refractivity contribution in [3.8, 4) is 0 Å². The molecule has 1 fully saturated rings. The van der Waals surface area contributed by atoms with E-state index in [9.17, 15) is 9.32 Å². The third-order valence-electron chi connectivity index (χ3n) is 5.97. The minimum atomic E-state index is -3.19. The van der Waals surface area contributed by atoms with E-state index in [1.54, 1.807) is 32.0 Å². The molecule has 32 heavy (non-hydrogen) atoms. The summed E-state index contributed by atoms with van der Waals surface area (Å²) in [7, 11) is -3.19. The summed E-state index contributed by atoms with van der Waals surface area (Å²) in [5.41, 5.74) is 0.636. The van der Waals surface area contributed by atoms with Gasteiger partial charge in [0, 0.05) is 30.1 Å². The highest BCUT2D eigenvalue weighted by atomic mass is 32.2. The van der Waals surface area contributed by atoms with Gasteiger partial charge >= 0.3 is 0 Å². The van der Waals surface area contributed by atoms with Gasteiger partial charge in [-0.1, -0.05) is 20.8 Å². The van der Waals surface area contributed by atoms with Crippen LogP contribution in [0, 0.1) is 10.7 Å². The Hall–Kier alpha value is -1.74. The van der Waals surface area contributed by atoms with Crippen LogP contribution in [0.5, 0.6) is 0 Å². The van der Waals surface area contributed by atoms with Crippen molar-refractivity contribution in [3.05, 3.63) is 41.0 Å². The Morgan fingerprint density at radius 1 is 1.19 bits per heavy atom. The lowest BCUT2D eigenvalue weighted by atomic mass is 9.94. The van der Waals surface area contributed by atoms with Gasteiger partial charge in [-0.2, -0.15) is 0 Å². The van der Waals surface area contributed by atoms with E-state index in [2.05, 4.69) is 25.3 Å². The highest BCUT2D eigenvalue weighted by Crippen LogP contribution is 2.35. The van der Waals surface area contributed by atoms with E-state index in [0.29, 0.717) is 19.9 Å². The van der Waals surface area contributed by atoms with Crippen LogP contribution >= 0.6 is 11.3 Å². The molecule has 1 aliphatic heterocycles. The average molecular weight is 476 g/mol. The second-order valence-electron chi connectivity index (χ2n) is 10.2. The Balaban J connectivity index is 1.76. The molecule has 3 heterocycles. The maximum absolute atomic E-state index is 13.5. The number of ether oxygens (including phenoxy) is 1. The molecular formula is C24H33N3O3S2. The summed E-state index contributed by atoms with van der Waals surface area (Å²) in [6.07, 6.45) is 2.09. The van der Waals surface area contributed by atoms with Crippen LogP contribution < -0.4 is 0 Å². The van der Waals surface area contributed by atoms with Crippen LogP contribution in [-0.2, 0) is 32.0 Å². The van der Waals surface area contributed by atoms with Gasteiger partial charge in [0.25, 0.3) is 0 Å². The maximum atomic E-state index is 13.5. The number of fused-ring (bicyclic) bond motifs is 1. The monoisotopic (exact) mass is 475 g/mol. The minimum absolute atomic E-state index is 0.137. The van der Waals surface area contributed by atoms with Crippen LogP contribution in [0.2, 0.25) is 0 Å². The van der Waals surface area contributed by atoms with Gasteiger partial charge in [0.1, 0.15) is 19.8 Å². The summed E-state index contributed by atoms with van der Waals surface area (Å²) in [5, 5.41) is 10.3. The summed E-state index contributed by atoms with van der Waals surface area (Å²) in [6.45, 7) is 12.4. The first-order valence-corrected chi connectivity index (χ1v) is 13.4. The van der Waals surface area contributed by atoms with Gasteiger partial charge < -0.3 is 14.4 Å².